The van der Waals surface area contributed by atoms with Crippen LogP contribution >= 0.6 is 7.37 Å². The van der Waals surface area contributed by atoms with Gasteiger partial charge in [-0.2, -0.15) is 0 Å². The van der Waals surface area contributed by atoms with Crippen molar-refractivity contribution in [3.05, 3.63) is 0 Å². The van der Waals surface area contributed by atoms with Crippen LogP contribution in [-0.4, -0.2) is 55.3 Å². The van der Waals surface area contributed by atoms with Crippen LogP contribution in [-0.2, 0) is 28.4 Å². The molecule has 0 heterocycles. The highest BCUT2D eigenvalue weighted by Crippen LogP contribution is 2.41. The van der Waals surface area contributed by atoms with E-state index in [-0.39, 0.29) is 12.6 Å². The molecule has 0 aromatic carbocycles. The Hall–Kier alpha value is -1.40. The largest absolute Gasteiger partial charge is 0.469 e. The van der Waals surface area contributed by atoms with Crippen LogP contribution in [0.5, 0.6) is 0 Å². The van der Waals surface area contributed by atoms with Crippen LogP contribution in [0.2, 0.25) is 0 Å². The van der Waals surface area contributed by atoms with Crippen molar-refractivity contribution in [2.24, 2.45) is 0 Å². The zero-order valence-electron chi connectivity index (χ0n) is 11.0. The minimum atomic E-state index is -3.76. The lowest BCUT2D eigenvalue weighted by atomic mass is 10.3. The summed E-state index contributed by atoms with van der Waals surface area (Å²) in [6.07, 6.45) is -1.05. The molecule has 0 aliphatic carbocycles. The Kier molecular flexibility index (Phi) is 7.33. The van der Waals surface area contributed by atoms with Crippen LogP contribution in [0.25, 0.3) is 0 Å². The topological polar surface area (TPSA) is 119 Å². The van der Waals surface area contributed by atoms with Gasteiger partial charge in [0.25, 0.3) is 0 Å². The maximum Gasteiger partial charge on any atom is 0.328 e. The van der Waals surface area contributed by atoms with Gasteiger partial charge in [0.2, 0.25) is 13.3 Å². The molecule has 0 bridgehead atoms. The first-order chi connectivity index (χ1) is 8.71. The molecule has 0 aliphatic heterocycles. The number of carbonyl (C=O) groups is 3. The molecule has 110 valence electrons. The lowest BCUT2D eigenvalue weighted by molar-refractivity contribution is -0.144. The van der Waals surface area contributed by atoms with E-state index < -0.39 is 37.4 Å². The zero-order chi connectivity index (χ0) is 15.1. The number of rotatable bonds is 7. The summed E-state index contributed by atoms with van der Waals surface area (Å²) >= 11 is 0. The van der Waals surface area contributed by atoms with E-state index in [9.17, 15) is 23.8 Å². The summed E-state index contributed by atoms with van der Waals surface area (Å²) in [5, 5.41) is 2.23. The molecule has 19 heavy (non-hydrogen) atoms. The molecule has 8 nitrogen and oxygen atoms in total. The SMILES string of the molecule is COC(=O)CCP(=O)(O)CC(NC(C)=O)C(=O)OC. The van der Waals surface area contributed by atoms with Crippen LogP contribution < -0.4 is 5.32 Å². The van der Waals surface area contributed by atoms with Crippen molar-refractivity contribution in [2.45, 2.75) is 19.4 Å². The molecule has 1 amide bonds. The van der Waals surface area contributed by atoms with Crippen molar-refractivity contribution in [3.8, 4) is 0 Å². The number of amides is 1. The molecule has 0 radical (unpaired) electrons. The molecule has 0 saturated carbocycles. The first kappa shape index (κ1) is 17.6. The Morgan fingerprint density at radius 1 is 1.26 bits per heavy atom. The Balaban J connectivity index is 4.62. The Bertz CT molecular complexity index is 395. The molecule has 0 aromatic rings. The molecule has 0 aromatic heterocycles. The second kappa shape index (κ2) is 7.91. The molecular formula is C10H18NO7P. The van der Waals surface area contributed by atoms with Gasteiger partial charge in [0.1, 0.15) is 6.04 Å². The van der Waals surface area contributed by atoms with E-state index in [1.807, 2.05) is 0 Å². The van der Waals surface area contributed by atoms with Gasteiger partial charge in [0.05, 0.1) is 26.8 Å². The van der Waals surface area contributed by atoms with E-state index in [4.69, 9.17) is 0 Å². The number of methoxy groups -OCH3 is 2. The molecule has 0 fully saturated rings. The van der Waals surface area contributed by atoms with E-state index in [1.165, 1.54) is 14.0 Å². The fourth-order valence-electron chi connectivity index (χ4n) is 1.31. The van der Waals surface area contributed by atoms with Gasteiger partial charge in [0, 0.05) is 13.1 Å². The summed E-state index contributed by atoms with van der Waals surface area (Å²) < 4.78 is 20.6. The minimum Gasteiger partial charge on any atom is -0.469 e. The highest BCUT2D eigenvalue weighted by Gasteiger charge is 2.30. The van der Waals surface area contributed by atoms with Crippen molar-refractivity contribution >= 4 is 25.2 Å². The van der Waals surface area contributed by atoms with Crippen molar-refractivity contribution in [1.29, 1.82) is 0 Å². The monoisotopic (exact) mass is 295 g/mol. The van der Waals surface area contributed by atoms with Gasteiger partial charge in [-0.1, -0.05) is 0 Å². The third-order valence-electron chi connectivity index (χ3n) is 2.22. The molecule has 0 saturated heterocycles. The van der Waals surface area contributed by atoms with Crippen molar-refractivity contribution in [2.75, 3.05) is 26.5 Å². The van der Waals surface area contributed by atoms with Gasteiger partial charge in [0.15, 0.2) is 0 Å². The Labute approximate surface area is 110 Å². The van der Waals surface area contributed by atoms with Gasteiger partial charge >= 0.3 is 11.9 Å². The summed E-state index contributed by atoms with van der Waals surface area (Å²) in [4.78, 5) is 42.8. The van der Waals surface area contributed by atoms with Crippen LogP contribution in [0.4, 0.5) is 0 Å². The average Bonchev–Trinajstić information content (AvgIpc) is 2.33. The summed E-state index contributed by atoms with van der Waals surface area (Å²) in [5.74, 6) is -1.96. The third-order valence-corrected chi connectivity index (χ3v) is 4.08. The fourth-order valence-corrected chi connectivity index (χ4v) is 2.84. The Morgan fingerprint density at radius 2 is 1.84 bits per heavy atom. The number of nitrogens with one attached hydrogen (secondary N) is 1. The number of hydrogen-bond donors (Lipinski definition) is 2. The maximum absolute atomic E-state index is 11.8. The maximum atomic E-state index is 11.8. The summed E-state index contributed by atoms with van der Waals surface area (Å²) in [6, 6.07) is -1.21. The second-order valence-corrected chi connectivity index (χ2v) is 6.36. The lowest BCUT2D eigenvalue weighted by Crippen LogP contribution is -2.43. The van der Waals surface area contributed by atoms with Gasteiger partial charge in [-0.15, -0.1) is 0 Å². The molecule has 0 spiro atoms. The summed E-state index contributed by atoms with van der Waals surface area (Å²) in [6.45, 7) is 1.17. The highest BCUT2D eigenvalue weighted by molar-refractivity contribution is 7.58. The minimum absolute atomic E-state index is 0.238. The van der Waals surface area contributed by atoms with Crippen LogP contribution in [0.3, 0.4) is 0 Å². The quantitative estimate of drug-likeness (QED) is 0.480. The number of carbonyl (C=O) groups excluding carboxylic acids is 3. The van der Waals surface area contributed by atoms with Gasteiger partial charge in [-0.25, -0.2) is 4.79 Å². The molecule has 0 rings (SSSR count). The predicted octanol–water partition coefficient (Wildman–Crippen LogP) is -0.502. The Morgan fingerprint density at radius 3 is 2.26 bits per heavy atom. The van der Waals surface area contributed by atoms with Gasteiger partial charge in [-0.3, -0.25) is 14.2 Å². The molecule has 2 unspecified atom stereocenters. The van der Waals surface area contributed by atoms with Crippen molar-refractivity contribution in [1.82, 2.24) is 5.32 Å². The normalized spacial score (nSPS) is 14.9. The molecular weight excluding hydrogens is 277 g/mol. The lowest BCUT2D eigenvalue weighted by Gasteiger charge is -2.18. The summed E-state index contributed by atoms with van der Waals surface area (Å²) in [5.41, 5.74) is 0. The van der Waals surface area contributed by atoms with Gasteiger partial charge in [-0.05, 0) is 0 Å². The third kappa shape index (κ3) is 7.58. The molecule has 2 N–H and O–H groups in total. The standard InChI is InChI=1S/C10H18NO7P/c1-7(12)11-8(10(14)18-3)6-19(15,16)5-4-9(13)17-2/h8H,4-6H2,1-3H3,(H,11,12)(H,15,16). The highest BCUT2D eigenvalue weighted by atomic mass is 31.2. The number of esters is 2. The van der Waals surface area contributed by atoms with E-state index in [1.54, 1.807) is 0 Å². The van der Waals surface area contributed by atoms with Gasteiger partial charge < -0.3 is 19.7 Å². The summed E-state index contributed by atoms with van der Waals surface area (Å²) in [7, 11) is -1.48. The van der Waals surface area contributed by atoms with Crippen molar-refractivity contribution < 1.29 is 33.3 Å². The second-order valence-electron chi connectivity index (χ2n) is 3.85. The first-order valence-electron chi connectivity index (χ1n) is 5.44. The van der Waals surface area contributed by atoms with E-state index >= 15 is 0 Å². The van der Waals surface area contributed by atoms with Crippen LogP contribution in [0, 0.1) is 0 Å². The fraction of sp³-hybridized carbons (Fsp3) is 0.700. The number of hydrogen-bond acceptors (Lipinski definition) is 6. The van der Waals surface area contributed by atoms with E-state index in [0.29, 0.717) is 0 Å². The number of ether oxygens (including phenoxy) is 2. The molecule has 0 aliphatic rings. The molecule has 2 atom stereocenters. The van der Waals surface area contributed by atoms with Crippen molar-refractivity contribution in [3.63, 3.8) is 0 Å². The smallest absolute Gasteiger partial charge is 0.328 e. The van der Waals surface area contributed by atoms with E-state index in [0.717, 1.165) is 7.11 Å². The molecule has 9 heteroatoms. The van der Waals surface area contributed by atoms with Crippen LogP contribution in [0.1, 0.15) is 13.3 Å². The zero-order valence-corrected chi connectivity index (χ0v) is 11.9. The van der Waals surface area contributed by atoms with Crippen LogP contribution in [0.15, 0.2) is 0 Å². The van der Waals surface area contributed by atoms with E-state index in [2.05, 4.69) is 14.8 Å². The predicted molar refractivity (Wildman–Crippen MR) is 65.8 cm³/mol. The average molecular weight is 295 g/mol. The first-order valence-corrected chi connectivity index (χ1v) is 7.47.